The Bertz CT molecular complexity index is 1080. The molecule has 3 rings (SSSR count). The van der Waals surface area contributed by atoms with Crippen LogP contribution in [0.2, 0.25) is 0 Å². The van der Waals surface area contributed by atoms with Crippen molar-refractivity contribution in [2.24, 2.45) is 0 Å². The summed E-state index contributed by atoms with van der Waals surface area (Å²) in [6.45, 7) is -0.667. The molecule has 1 aromatic heterocycles. The predicted octanol–water partition coefficient (Wildman–Crippen LogP) is 2.18. The smallest absolute Gasteiger partial charge is 0.297 e. The molecule has 0 saturated carbocycles. The topological polar surface area (TPSA) is 111 Å². The zero-order chi connectivity index (χ0) is 16.7. The van der Waals surface area contributed by atoms with Gasteiger partial charge in [-0.1, -0.05) is 18.2 Å². The third-order valence-electron chi connectivity index (χ3n) is 3.22. The fourth-order valence-electron chi connectivity index (χ4n) is 2.18. The molecule has 23 heavy (non-hydrogen) atoms. The van der Waals surface area contributed by atoms with Gasteiger partial charge in [0.25, 0.3) is 20.2 Å². The van der Waals surface area contributed by atoms with Gasteiger partial charge >= 0.3 is 0 Å². The largest absolute Gasteiger partial charge is 0.456 e. The Morgan fingerprint density at radius 3 is 2.39 bits per heavy atom. The summed E-state index contributed by atoms with van der Waals surface area (Å²) in [6, 6.07) is 11.6. The minimum absolute atomic E-state index is 0.153. The highest BCUT2D eigenvalue weighted by Gasteiger charge is 2.19. The van der Waals surface area contributed by atoms with Crippen LogP contribution >= 0.6 is 0 Å². The molecule has 0 unspecified atom stereocenters. The van der Waals surface area contributed by atoms with E-state index in [4.69, 9.17) is 8.97 Å². The Morgan fingerprint density at radius 1 is 0.957 bits per heavy atom. The first kappa shape index (κ1) is 15.9. The molecule has 3 aromatic rings. The Labute approximate surface area is 132 Å². The van der Waals surface area contributed by atoms with Gasteiger partial charge in [-0.15, -0.1) is 0 Å². The van der Waals surface area contributed by atoms with E-state index >= 15 is 0 Å². The maximum absolute atomic E-state index is 12.0. The molecule has 2 aromatic carbocycles. The molecule has 7 nitrogen and oxygen atoms in total. The summed E-state index contributed by atoms with van der Waals surface area (Å²) in [4.78, 5) is -0.153. The van der Waals surface area contributed by atoms with Crippen molar-refractivity contribution in [3.63, 3.8) is 0 Å². The van der Waals surface area contributed by atoms with E-state index in [1.807, 2.05) is 12.1 Å². The maximum atomic E-state index is 12.0. The van der Waals surface area contributed by atoms with Crippen molar-refractivity contribution in [3.8, 4) is 0 Å². The quantitative estimate of drug-likeness (QED) is 0.551. The summed E-state index contributed by atoms with van der Waals surface area (Å²) in [5.41, 5.74) is 1.01. The zero-order valence-corrected chi connectivity index (χ0v) is 13.3. The van der Waals surface area contributed by atoms with Crippen LogP contribution in [-0.4, -0.2) is 33.7 Å². The average molecular weight is 356 g/mol. The van der Waals surface area contributed by atoms with Crippen LogP contribution in [0.3, 0.4) is 0 Å². The normalized spacial score (nSPS) is 12.9. The number of hydrogen-bond donors (Lipinski definition) is 1. The van der Waals surface area contributed by atoms with Gasteiger partial charge in [0.1, 0.15) is 16.9 Å². The maximum Gasteiger partial charge on any atom is 0.297 e. The average Bonchev–Trinajstić information content (AvgIpc) is 2.83. The number of rotatable bonds is 5. The van der Waals surface area contributed by atoms with Crippen molar-refractivity contribution in [1.29, 1.82) is 0 Å². The van der Waals surface area contributed by atoms with Crippen molar-refractivity contribution in [3.05, 3.63) is 42.5 Å². The molecule has 122 valence electrons. The molecule has 0 amide bonds. The number of hydrogen-bond acceptors (Lipinski definition) is 6. The molecule has 1 heterocycles. The van der Waals surface area contributed by atoms with Crippen molar-refractivity contribution in [2.45, 2.75) is 4.90 Å². The second kappa shape index (κ2) is 5.60. The van der Waals surface area contributed by atoms with Crippen LogP contribution in [0.25, 0.3) is 21.9 Å². The van der Waals surface area contributed by atoms with Crippen molar-refractivity contribution in [1.82, 2.24) is 0 Å². The zero-order valence-electron chi connectivity index (χ0n) is 11.7. The summed E-state index contributed by atoms with van der Waals surface area (Å²) in [6.07, 6.45) is 0. The highest BCUT2D eigenvalue weighted by molar-refractivity contribution is 7.87. The summed E-state index contributed by atoms with van der Waals surface area (Å²) in [7, 11) is -8.44. The molecule has 0 aliphatic heterocycles. The first-order chi connectivity index (χ1) is 10.8. The van der Waals surface area contributed by atoms with E-state index in [2.05, 4.69) is 4.18 Å². The van der Waals surface area contributed by atoms with E-state index in [0.29, 0.717) is 11.2 Å². The molecule has 0 aliphatic rings. The number of benzene rings is 2. The number of para-hydroxylation sites is 1. The lowest BCUT2D eigenvalue weighted by molar-refractivity contribution is 0.334. The summed E-state index contributed by atoms with van der Waals surface area (Å²) >= 11 is 0. The first-order valence-corrected chi connectivity index (χ1v) is 9.54. The molecule has 0 bridgehead atoms. The van der Waals surface area contributed by atoms with Gasteiger partial charge < -0.3 is 4.42 Å². The third-order valence-corrected chi connectivity index (χ3v) is 5.21. The molecule has 1 N–H and O–H groups in total. The van der Waals surface area contributed by atoms with Gasteiger partial charge in [0.05, 0.1) is 11.5 Å². The Hall–Kier alpha value is -1.94. The van der Waals surface area contributed by atoms with Gasteiger partial charge in [0, 0.05) is 16.8 Å². The highest BCUT2D eigenvalue weighted by Crippen LogP contribution is 2.30. The highest BCUT2D eigenvalue weighted by atomic mass is 32.2. The van der Waals surface area contributed by atoms with Crippen LogP contribution in [0.15, 0.2) is 51.8 Å². The van der Waals surface area contributed by atoms with Crippen molar-refractivity contribution in [2.75, 3.05) is 12.4 Å². The molecule has 0 fully saturated rings. The monoisotopic (exact) mass is 356 g/mol. The Morgan fingerprint density at radius 2 is 1.65 bits per heavy atom. The fraction of sp³-hybridized carbons (Fsp3) is 0.143. The predicted molar refractivity (Wildman–Crippen MR) is 83.3 cm³/mol. The lowest BCUT2D eigenvalue weighted by Crippen LogP contribution is -2.15. The second-order valence-electron chi connectivity index (χ2n) is 4.82. The van der Waals surface area contributed by atoms with Crippen LogP contribution in [0.1, 0.15) is 0 Å². The van der Waals surface area contributed by atoms with E-state index in [1.165, 1.54) is 12.1 Å². The lowest BCUT2D eigenvalue weighted by Gasteiger charge is -2.04. The Kier molecular flexibility index (Phi) is 3.88. The van der Waals surface area contributed by atoms with Gasteiger partial charge in [0.15, 0.2) is 0 Å². The van der Waals surface area contributed by atoms with Gasteiger partial charge in [-0.25, -0.2) is 0 Å². The molecule has 0 radical (unpaired) electrons. The molecule has 0 aliphatic carbocycles. The number of fused-ring (bicyclic) bond motifs is 3. The summed E-state index contributed by atoms with van der Waals surface area (Å²) in [5, 5.41) is 1.62. The van der Waals surface area contributed by atoms with E-state index < -0.39 is 32.6 Å². The van der Waals surface area contributed by atoms with Gasteiger partial charge in [-0.2, -0.15) is 16.8 Å². The fourth-order valence-corrected chi connectivity index (χ4v) is 3.50. The summed E-state index contributed by atoms with van der Waals surface area (Å²) < 4.78 is 64.0. The van der Waals surface area contributed by atoms with Gasteiger partial charge in [-0.3, -0.25) is 8.74 Å². The van der Waals surface area contributed by atoms with Gasteiger partial charge in [-0.05, 0) is 18.2 Å². The number of furan rings is 1. The molecule has 0 atom stereocenters. The minimum atomic E-state index is -4.29. The first-order valence-electron chi connectivity index (χ1n) is 6.52. The van der Waals surface area contributed by atoms with Crippen LogP contribution in [0.5, 0.6) is 0 Å². The van der Waals surface area contributed by atoms with Crippen molar-refractivity contribution >= 4 is 42.2 Å². The standard InChI is InChI=1S/C14H12O7S2/c15-22(16,17)8-7-20-23(18,19)10-5-6-12-11-3-1-2-4-13(11)21-14(12)9-10/h1-6,9H,7-8H2,(H,15,16,17). The van der Waals surface area contributed by atoms with E-state index in [1.54, 1.807) is 18.2 Å². The van der Waals surface area contributed by atoms with E-state index in [0.717, 1.165) is 10.8 Å². The lowest BCUT2D eigenvalue weighted by atomic mass is 10.2. The van der Waals surface area contributed by atoms with E-state index in [-0.39, 0.29) is 4.90 Å². The molecule has 0 saturated heterocycles. The van der Waals surface area contributed by atoms with E-state index in [9.17, 15) is 16.8 Å². The molecule has 0 spiro atoms. The van der Waals surface area contributed by atoms with Crippen LogP contribution in [0.4, 0.5) is 0 Å². The van der Waals surface area contributed by atoms with Crippen LogP contribution in [-0.2, 0) is 24.4 Å². The SMILES string of the molecule is O=S(=O)(O)CCOS(=O)(=O)c1ccc2c(c1)oc1ccccc12. The Balaban J connectivity index is 1.94. The van der Waals surface area contributed by atoms with Crippen LogP contribution in [0, 0.1) is 0 Å². The molecule has 9 heteroatoms. The van der Waals surface area contributed by atoms with Gasteiger partial charge in [0.2, 0.25) is 0 Å². The van der Waals surface area contributed by atoms with Crippen molar-refractivity contribution < 1.29 is 30.0 Å². The summed E-state index contributed by atoms with van der Waals surface area (Å²) in [5.74, 6) is -0.806. The van der Waals surface area contributed by atoms with Crippen LogP contribution < -0.4 is 0 Å². The minimum Gasteiger partial charge on any atom is -0.456 e. The second-order valence-corrected chi connectivity index (χ2v) is 8.01. The third kappa shape index (κ3) is 3.37. The molecular formula is C14H12O7S2. The molecular weight excluding hydrogens is 344 g/mol.